The summed E-state index contributed by atoms with van der Waals surface area (Å²) in [6, 6.07) is 7.26. The normalized spacial score (nSPS) is 16.2. The molecule has 0 bridgehead atoms. The first kappa shape index (κ1) is 18.4. The Morgan fingerprint density at radius 2 is 1.96 bits per heavy atom. The van der Waals surface area contributed by atoms with E-state index in [2.05, 4.69) is 20.8 Å². The lowest BCUT2D eigenvalue weighted by Gasteiger charge is -2.30. The number of halogens is 1. The second-order valence-electron chi connectivity index (χ2n) is 6.02. The van der Waals surface area contributed by atoms with Crippen molar-refractivity contribution < 1.29 is 4.79 Å². The maximum Gasteiger partial charge on any atom is 0.251 e. The second kappa shape index (κ2) is 8.75. The van der Waals surface area contributed by atoms with Crippen molar-refractivity contribution in [3.63, 3.8) is 0 Å². The lowest BCUT2D eigenvalue weighted by Crippen LogP contribution is -2.45. The smallest absolute Gasteiger partial charge is 0.251 e. The van der Waals surface area contributed by atoms with Gasteiger partial charge in [0, 0.05) is 18.2 Å². The number of nitrogens with one attached hydrogen (secondary N) is 1. The lowest BCUT2D eigenvalue weighted by molar-refractivity contribution is 0.0915. The molecule has 8 heteroatoms. The molecule has 2 aromatic rings. The summed E-state index contributed by atoms with van der Waals surface area (Å²) in [5.41, 5.74) is 7.31. The van der Waals surface area contributed by atoms with Crippen molar-refractivity contribution in [2.24, 2.45) is 11.7 Å². The summed E-state index contributed by atoms with van der Waals surface area (Å²) in [6.45, 7) is 0.485. The molecule has 1 atom stereocenters. The van der Waals surface area contributed by atoms with E-state index in [1.54, 1.807) is 16.8 Å². The molecule has 1 aliphatic rings. The van der Waals surface area contributed by atoms with Crippen LogP contribution in [0.15, 0.2) is 30.6 Å². The van der Waals surface area contributed by atoms with Crippen molar-refractivity contribution in [3.05, 3.63) is 36.2 Å². The number of aromatic nitrogens is 4. The van der Waals surface area contributed by atoms with E-state index in [4.69, 9.17) is 5.73 Å². The standard InChI is InChI=1S/C16H22N6O.ClH/c17-10-15(12-4-2-1-3-5-12)19-16(23)13-6-8-14(9-7-13)22-11-18-20-21-22;/h6-9,11-12,15H,1-5,10,17H2,(H,19,23);1H. The van der Waals surface area contributed by atoms with Crippen LogP contribution < -0.4 is 11.1 Å². The number of benzene rings is 1. The molecule has 0 spiro atoms. The van der Waals surface area contributed by atoms with Gasteiger partial charge in [-0.25, -0.2) is 4.68 Å². The minimum Gasteiger partial charge on any atom is -0.348 e. The van der Waals surface area contributed by atoms with Gasteiger partial charge in [-0.15, -0.1) is 17.5 Å². The van der Waals surface area contributed by atoms with Gasteiger partial charge < -0.3 is 11.1 Å². The van der Waals surface area contributed by atoms with Crippen LogP contribution in [0.2, 0.25) is 0 Å². The largest absolute Gasteiger partial charge is 0.348 e. The van der Waals surface area contributed by atoms with Gasteiger partial charge in [0.2, 0.25) is 0 Å². The van der Waals surface area contributed by atoms with Gasteiger partial charge in [0.05, 0.1) is 5.69 Å². The molecule has 1 unspecified atom stereocenters. The highest BCUT2D eigenvalue weighted by molar-refractivity contribution is 5.94. The molecule has 7 nitrogen and oxygen atoms in total. The van der Waals surface area contributed by atoms with E-state index in [1.807, 2.05) is 12.1 Å². The van der Waals surface area contributed by atoms with Crippen LogP contribution in [0.3, 0.4) is 0 Å². The van der Waals surface area contributed by atoms with E-state index in [-0.39, 0.29) is 24.4 Å². The van der Waals surface area contributed by atoms with Crippen LogP contribution >= 0.6 is 12.4 Å². The number of nitrogens with two attached hydrogens (primary N) is 1. The Labute approximate surface area is 147 Å². The summed E-state index contributed by atoms with van der Waals surface area (Å²) in [4.78, 5) is 12.4. The number of hydrogen-bond donors (Lipinski definition) is 2. The number of amides is 1. The van der Waals surface area contributed by atoms with E-state index in [1.165, 1.54) is 25.6 Å². The zero-order valence-corrected chi connectivity index (χ0v) is 14.3. The number of rotatable bonds is 5. The van der Waals surface area contributed by atoms with Crippen LogP contribution in [0.1, 0.15) is 42.5 Å². The number of nitrogens with zero attached hydrogens (tertiary/aromatic N) is 4. The Balaban J connectivity index is 0.00000208. The van der Waals surface area contributed by atoms with Crippen LogP contribution in [-0.2, 0) is 0 Å². The third-order valence-electron chi connectivity index (χ3n) is 4.53. The van der Waals surface area contributed by atoms with Crippen molar-refractivity contribution in [2.75, 3.05) is 6.54 Å². The molecule has 1 amide bonds. The predicted molar refractivity (Wildman–Crippen MR) is 93.3 cm³/mol. The Morgan fingerprint density at radius 1 is 1.25 bits per heavy atom. The first-order valence-electron chi connectivity index (χ1n) is 8.12. The molecule has 3 rings (SSSR count). The highest BCUT2D eigenvalue weighted by Gasteiger charge is 2.24. The molecular weight excluding hydrogens is 328 g/mol. The number of carbonyl (C=O) groups excluding carboxylic acids is 1. The van der Waals surface area contributed by atoms with Crippen molar-refractivity contribution in [3.8, 4) is 5.69 Å². The topological polar surface area (TPSA) is 98.7 Å². The predicted octanol–water partition coefficient (Wildman–Crippen LogP) is 1.72. The van der Waals surface area contributed by atoms with Gasteiger partial charge in [-0.05, 0) is 53.5 Å². The highest BCUT2D eigenvalue weighted by Crippen LogP contribution is 2.26. The van der Waals surface area contributed by atoms with Crippen molar-refractivity contribution in [1.29, 1.82) is 0 Å². The van der Waals surface area contributed by atoms with Crippen LogP contribution in [0.4, 0.5) is 0 Å². The van der Waals surface area contributed by atoms with Gasteiger partial charge in [-0.2, -0.15) is 0 Å². The summed E-state index contributed by atoms with van der Waals surface area (Å²) in [5, 5.41) is 14.1. The Bertz CT molecular complexity index is 625. The van der Waals surface area contributed by atoms with Gasteiger partial charge in [-0.3, -0.25) is 4.79 Å². The third kappa shape index (κ3) is 4.30. The summed E-state index contributed by atoms with van der Waals surface area (Å²) in [6.07, 6.45) is 7.58. The molecule has 0 radical (unpaired) electrons. The molecule has 3 N–H and O–H groups in total. The number of tetrazole rings is 1. The molecular formula is C16H23ClN6O. The minimum absolute atomic E-state index is 0. The van der Waals surface area contributed by atoms with Crippen LogP contribution in [-0.4, -0.2) is 38.7 Å². The summed E-state index contributed by atoms with van der Waals surface area (Å²) >= 11 is 0. The van der Waals surface area contributed by atoms with E-state index in [0.717, 1.165) is 18.5 Å². The van der Waals surface area contributed by atoms with Crippen molar-refractivity contribution in [1.82, 2.24) is 25.5 Å². The summed E-state index contributed by atoms with van der Waals surface area (Å²) in [7, 11) is 0. The molecule has 0 aliphatic heterocycles. The van der Waals surface area contributed by atoms with Crippen LogP contribution in [0.25, 0.3) is 5.69 Å². The fraction of sp³-hybridized carbons (Fsp3) is 0.500. The molecule has 1 heterocycles. The van der Waals surface area contributed by atoms with Crippen LogP contribution in [0, 0.1) is 5.92 Å². The van der Waals surface area contributed by atoms with E-state index >= 15 is 0 Å². The Hall–Kier alpha value is -1.99. The molecule has 0 saturated heterocycles. The quantitative estimate of drug-likeness (QED) is 0.855. The molecule has 1 aromatic heterocycles. The summed E-state index contributed by atoms with van der Waals surface area (Å²) in [5.74, 6) is 0.424. The van der Waals surface area contributed by atoms with Gasteiger partial charge in [-0.1, -0.05) is 19.3 Å². The summed E-state index contributed by atoms with van der Waals surface area (Å²) < 4.78 is 1.55. The average molecular weight is 351 g/mol. The molecule has 1 aromatic carbocycles. The van der Waals surface area contributed by atoms with Gasteiger partial charge in [0.25, 0.3) is 5.91 Å². The molecule has 1 fully saturated rings. The van der Waals surface area contributed by atoms with Crippen molar-refractivity contribution >= 4 is 18.3 Å². The van der Waals surface area contributed by atoms with E-state index < -0.39 is 0 Å². The lowest BCUT2D eigenvalue weighted by atomic mass is 9.84. The number of carbonyl (C=O) groups is 1. The molecule has 130 valence electrons. The molecule has 1 aliphatic carbocycles. The molecule has 24 heavy (non-hydrogen) atoms. The van der Waals surface area contributed by atoms with Gasteiger partial charge in [0.15, 0.2) is 0 Å². The first-order valence-corrected chi connectivity index (χ1v) is 8.12. The van der Waals surface area contributed by atoms with Crippen LogP contribution in [0.5, 0.6) is 0 Å². The van der Waals surface area contributed by atoms with Gasteiger partial charge >= 0.3 is 0 Å². The Kier molecular flexibility index (Phi) is 6.69. The number of hydrogen-bond acceptors (Lipinski definition) is 5. The monoisotopic (exact) mass is 350 g/mol. The molecule has 1 saturated carbocycles. The minimum atomic E-state index is -0.0747. The zero-order valence-electron chi connectivity index (χ0n) is 13.5. The average Bonchev–Trinajstić information content (AvgIpc) is 3.15. The van der Waals surface area contributed by atoms with Crippen molar-refractivity contribution in [2.45, 2.75) is 38.1 Å². The SMILES string of the molecule is Cl.NCC(NC(=O)c1ccc(-n2cnnn2)cc1)C1CCCCC1. The van der Waals surface area contributed by atoms with E-state index in [9.17, 15) is 4.79 Å². The van der Waals surface area contributed by atoms with Gasteiger partial charge in [0.1, 0.15) is 6.33 Å². The highest BCUT2D eigenvalue weighted by atomic mass is 35.5. The fourth-order valence-corrected chi connectivity index (χ4v) is 3.20. The fourth-order valence-electron chi connectivity index (χ4n) is 3.20. The van der Waals surface area contributed by atoms with E-state index in [0.29, 0.717) is 18.0 Å². The maximum absolute atomic E-state index is 12.4. The Morgan fingerprint density at radius 3 is 2.54 bits per heavy atom. The third-order valence-corrected chi connectivity index (χ3v) is 4.53. The maximum atomic E-state index is 12.4. The first-order chi connectivity index (χ1) is 11.3. The second-order valence-corrected chi connectivity index (χ2v) is 6.02. The zero-order chi connectivity index (χ0) is 16.1.